The third-order valence-corrected chi connectivity index (χ3v) is 5.60. The molecular weight excluding hydrogens is 410 g/mol. The van der Waals surface area contributed by atoms with E-state index in [1.165, 1.54) is 6.92 Å². The van der Waals surface area contributed by atoms with Crippen LogP contribution in [0, 0.1) is 27.7 Å². The molecule has 0 aliphatic rings. The van der Waals surface area contributed by atoms with Gasteiger partial charge in [0.25, 0.3) is 5.69 Å². The molecule has 0 bridgehead atoms. The summed E-state index contributed by atoms with van der Waals surface area (Å²) in [6, 6.07) is 5.59. The summed E-state index contributed by atoms with van der Waals surface area (Å²) >= 11 is 0. The molecule has 0 spiro atoms. The SMILES string of the molecule is COC(=O)[C@@H](NS(=O)(=O)c1ccc([N+](=O)[O-])cc1)[C@@H](C)Cc1cc(F)cc(F)c1. The van der Waals surface area contributed by atoms with Gasteiger partial charge in [0, 0.05) is 18.2 Å². The number of carbonyl (C=O) groups excluding carboxylic acids is 1. The molecule has 0 amide bonds. The van der Waals surface area contributed by atoms with Crippen LogP contribution in [0.4, 0.5) is 14.5 Å². The lowest BCUT2D eigenvalue weighted by Crippen LogP contribution is -2.46. The first-order chi connectivity index (χ1) is 13.5. The van der Waals surface area contributed by atoms with Crippen molar-refractivity contribution in [3.63, 3.8) is 0 Å². The van der Waals surface area contributed by atoms with Crippen LogP contribution in [0.1, 0.15) is 12.5 Å². The number of non-ortho nitro benzene ring substituents is 1. The Kier molecular flexibility index (Phi) is 6.98. The minimum absolute atomic E-state index is 0.0166. The van der Waals surface area contributed by atoms with Gasteiger partial charge in [0.05, 0.1) is 16.9 Å². The zero-order chi connectivity index (χ0) is 21.8. The Hall–Kier alpha value is -2.92. The molecule has 0 fully saturated rings. The molecule has 2 aromatic carbocycles. The second-order valence-electron chi connectivity index (χ2n) is 6.33. The van der Waals surface area contributed by atoms with Crippen molar-refractivity contribution in [2.45, 2.75) is 24.3 Å². The molecule has 0 radical (unpaired) electrons. The lowest BCUT2D eigenvalue weighted by atomic mass is 9.94. The van der Waals surface area contributed by atoms with Crippen molar-refractivity contribution in [2.75, 3.05) is 7.11 Å². The van der Waals surface area contributed by atoms with Gasteiger partial charge in [-0.25, -0.2) is 17.2 Å². The van der Waals surface area contributed by atoms with E-state index in [0.29, 0.717) is 6.07 Å². The number of carbonyl (C=O) groups is 1. The Morgan fingerprint density at radius 1 is 1.17 bits per heavy atom. The lowest BCUT2D eigenvalue weighted by molar-refractivity contribution is -0.384. The number of nitrogens with one attached hydrogen (secondary N) is 1. The van der Waals surface area contributed by atoms with Crippen molar-refractivity contribution < 1.29 is 31.7 Å². The van der Waals surface area contributed by atoms with Crippen LogP contribution in [0.3, 0.4) is 0 Å². The number of nitro groups is 1. The second-order valence-corrected chi connectivity index (χ2v) is 8.05. The molecule has 156 valence electrons. The first kappa shape index (κ1) is 22.4. The molecule has 0 saturated carbocycles. The Morgan fingerprint density at radius 3 is 2.21 bits per heavy atom. The van der Waals surface area contributed by atoms with Crippen molar-refractivity contribution in [3.05, 3.63) is 69.8 Å². The minimum Gasteiger partial charge on any atom is -0.468 e. The summed E-state index contributed by atoms with van der Waals surface area (Å²) in [5, 5.41) is 10.7. The third kappa shape index (κ3) is 5.78. The average molecular weight is 428 g/mol. The van der Waals surface area contributed by atoms with E-state index in [2.05, 4.69) is 9.46 Å². The van der Waals surface area contributed by atoms with Crippen LogP contribution in [0.15, 0.2) is 47.4 Å². The maximum absolute atomic E-state index is 13.4. The van der Waals surface area contributed by atoms with Crippen LogP contribution in [0.5, 0.6) is 0 Å². The van der Waals surface area contributed by atoms with Crippen molar-refractivity contribution in [2.24, 2.45) is 5.92 Å². The van der Waals surface area contributed by atoms with Gasteiger partial charge in [0.15, 0.2) is 0 Å². The molecule has 0 saturated heterocycles. The predicted molar refractivity (Wildman–Crippen MR) is 98.4 cm³/mol. The Balaban J connectivity index is 2.26. The topological polar surface area (TPSA) is 116 Å². The number of benzene rings is 2. The van der Waals surface area contributed by atoms with Crippen LogP contribution in [0.2, 0.25) is 0 Å². The first-order valence-corrected chi connectivity index (χ1v) is 9.81. The number of esters is 1. The quantitative estimate of drug-likeness (QED) is 0.393. The fourth-order valence-electron chi connectivity index (χ4n) is 2.72. The standard InChI is InChI=1S/C18H18F2N2O6S/c1-11(7-12-8-13(19)10-14(20)9-12)17(18(23)28-2)21-29(26,27)16-5-3-15(4-6-16)22(24)25/h3-6,8-11,17,21H,7H2,1-2H3/t11-,17-/m0/s1. The van der Waals surface area contributed by atoms with Gasteiger partial charge in [-0.05, 0) is 42.2 Å². The van der Waals surface area contributed by atoms with Gasteiger partial charge < -0.3 is 4.74 Å². The minimum atomic E-state index is -4.23. The maximum Gasteiger partial charge on any atom is 0.324 e. The highest BCUT2D eigenvalue weighted by Crippen LogP contribution is 2.20. The normalized spacial score (nSPS) is 13.5. The highest BCUT2D eigenvalue weighted by atomic mass is 32.2. The number of hydrogen-bond acceptors (Lipinski definition) is 6. The molecule has 2 rings (SSSR count). The van der Waals surface area contributed by atoms with Crippen LogP contribution in [-0.4, -0.2) is 32.5 Å². The fraction of sp³-hybridized carbons (Fsp3) is 0.278. The average Bonchev–Trinajstić information content (AvgIpc) is 2.64. The summed E-state index contributed by atoms with van der Waals surface area (Å²) in [6.45, 7) is 1.52. The molecule has 0 aliphatic heterocycles. The van der Waals surface area contributed by atoms with Gasteiger partial charge >= 0.3 is 5.97 Å². The Bertz CT molecular complexity index is 991. The van der Waals surface area contributed by atoms with E-state index in [4.69, 9.17) is 0 Å². The number of nitro benzene ring substituents is 1. The largest absolute Gasteiger partial charge is 0.468 e. The van der Waals surface area contributed by atoms with E-state index in [0.717, 1.165) is 43.5 Å². The van der Waals surface area contributed by atoms with Crippen molar-refractivity contribution in [3.8, 4) is 0 Å². The molecule has 1 N–H and O–H groups in total. The molecule has 8 nitrogen and oxygen atoms in total. The summed E-state index contributed by atoms with van der Waals surface area (Å²) in [5.41, 5.74) is -0.0617. The molecule has 0 aromatic heterocycles. The van der Waals surface area contributed by atoms with Crippen molar-refractivity contribution in [1.29, 1.82) is 0 Å². The van der Waals surface area contributed by atoms with Crippen molar-refractivity contribution >= 4 is 21.7 Å². The number of rotatable bonds is 8. The summed E-state index contributed by atoms with van der Waals surface area (Å²) in [7, 11) is -3.16. The van der Waals surface area contributed by atoms with Gasteiger partial charge in [-0.1, -0.05) is 6.92 Å². The molecule has 0 heterocycles. The summed E-state index contributed by atoms with van der Waals surface area (Å²) in [6.07, 6.45) is -0.0166. The zero-order valence-electron chi connectivity index (χ0n) is 15.5. The van der Waals surface area contributed by atoms with Crippen LogP contribution in [0.25, 0.3) is 0 Å². The molecular formula is C18H18F2N2O6S. The van der Waals surface area contributed by atoms with E-state index in [9.17, 15) is 32.1 Å². The molecule has 2 aromatic rings. The van der Waals surface area contributed by atoms with Crippen molar-refractivity contribution in [1.82, 2.24) is 4.72 Å². The number of hydrogen-bond donors (Lipinski definition) is 1. The number of ether oxygens (including phenoxy) is 1. The zero-order valence-corrected chi connectivity index (χ0v) is 16.3. The summed E-state index contributed by atoms with van der Waals surface area (Å²) < 4.78 is 58.8. The van der Waals surface area contributed by atoms with E-state index >= 15 is 0 Å². The smallest absolute Gasteiger partial charge is 0.324 e. The number of methoxy groups -OCH3 is 1. The fourth-order valence-corrected chi connectivity index (χ4v) is 4.02. The molecule has 0 aliphatic carbocycles. The molecule has 2 atom stereocenters. The lowest BCUT2D eigenvalue weighted by Gasteiger charge is -2.23. The first-order valence-electron chi connectivity index (χ1n) is 8.33. The second kappa shape index (κ2) is 9.05. The van der Waals surface area contributed by atoms with E-state index < -0.39 is 44.5 Å². The number of nitrogens with zero attached hydrogens (tertiary/aromatic N) is 1. The van der Waals surface area contributed by atoms with Crippen LogP contribution in [-0.2, 0) is 26.0 Å². The van der Waals surface area contributed by atoms with E-state index in [1.54, 1.807) is 0 Å². The maximum atomic E-state index is 13.4. The van der Waals surface area contributed by atoms with E-state index in [-0.39, 0.29) is 22.6 Å². The van der Waals surface area contributed by atoms with Gasteiger partial charge in [-0.3, -0.25) is 14.9 Å². The van der Waals surface area contributed by atoms with Crippen LogP contribution < -0.4 is 4.72 Å². The highest BCUT2D eigenvalue weighted by molar-refractivity contribution is 7.89. The Labute approximate surface area is 165 Å². The third-order valence-electron chi connectivity index (χ3n) is 4.14. The summed E-state index contributed by atoms with van der Waals surface area (Å²) in [4.78, 5) is 21.9. The van der Waals surface area contributed by atoms with Gasteiger partial charge in [-0.2, -0.15) is 4.72 Å². The molecule has 0 unspecified atom stereocenters. The van der Waals surface area contributed by atoms with Gasteiger partial charge in [0.2, 0.25) is 10.0 Å². The van der Waals surface area contributed by atoms with Crippen LogP contribution >= 0.6 is 0 Å². The molecule has 29 heavy (non-hydrogen) atoms. The Morgan fingerprint density at radius 2 is 1.72 bits per heavy atom. The molecule has 11 heteroatoms. The monoisotopic (exact) mass is 428 g/mol. The highest BCUT2D eigenvalue weighted by Gasteiger charge is 2.31. The predicted octanol–water partition coefficient (Wildman–Crippen LogP) is 2.57. The number of sulfonamides is 1. The summed E-state index contributed by atoms with van der Waals surface area (Å²) in [5.74, 6) is -3.21. The van der Waals surface area contributed by atoms with Gasteiger partial charge in [0.1, 0.15) is 17.7 Å². The van der Waals surface area contributed by atoms with E-state index in [1.807, 2.05) is 0 Å². The number of halogens is 2. The van der Waals surface area contributed by atoms with Gasteiger partial charge in [-0.15, -0.1) is 0 Å².